The standard InChI is InChI=1S/C21H25N3O/c1-21(2,3)18-11-9-16(10-12-18)14-23(4)15-24-20(25)19-8-6-5-7-17(19)13-22-24/h5-13H,14-15H2,1-4H3. The summed E-state index contributed by atoms with van der Waals surface area (Å²) >= 11 is 0. The molecule has 3 rings (SSSR count). The lowest BCUT2D eigenvalue weighted by molar-refractivity contribution is 0.241. The molecule has 0 spiro atoms. The van der Waals surface area contributed by atoms with Gasteiger partial charge in [0.15, 0.2) is 0 Å². The first-order valence-corrected chi connectivity index (χ1v) is 8.57. The summed E-state index contributed by atoms with van der Waals surface area (Å²) in [5.74, 6) is 0. The maximum atomic E-state index is 12.5. The largest absolute Gasteiger partial charge is 0.283 e. The van der Waals surface area contributed by atoms with Crippen LogP contribution in [0.5, 0.6) is 0 Å². The number of aromatic nitrogens is 2. The van der Waals surface area contributed by atoms with Crippen molar-refractivity contribution in [3.63, 3.8) is 0 Å². The van der Waals surface area contributed by atoms with Gasteiger partial charge in [0, 0.05) is 11.9 Å². The molecule has 0 radical (unpaired) electrons. The van der Waals surface area contributed by atoms with Gasteiger partial charge in [-0.2, -0.15) is 5.10 Å². The Balaban J connectivity index is 1.73. The van der Waals surface area contributed by atoms with Crippen LogP contribution in [0.1, 0.15) is 31.9 Å². The molecular formula is C21H25N3O. The van der Waals surface area contributed by atoms with E-state index in [2.05, 4.69) is 55.0 Å². The molecule has 0 N–H and O–H groups in total. The van der Waals surface area contributed by atoms with Crippen LogP contribution in [-0.2, 0) is 18.6 Å². The van der Waals surface area contributed by atoms with Crippen molar-refractivity contribution in [3.05, 3.63) is 76.2 Å². The zero-order valence-corrected chi connectivity index (χ0v) is 15.4. The highest BCUT2D eigenvalue weighted by molar-refractivity contribution is 5.80. The van der Waals surface area contributed by atoms with Crippen LogP contribution >= 0.6 is 0 Å². The molecule has 4 heteroatoms. The number of rotatable bonds is 4. The molecule has 0 aliphatic heterocycles. The second-order valence-corrected chi connectivity index (χ2v) is 7.64. The van der Waals surface area contributed by atoms with Gasteiger partial charge in [0.05, 0.1) is 18.3 Å². The Morgan fingerprint density at radius 2 is 1.72 bits per heavy atom. The van der Waals surface area contributed by atoms with E-state index in [1.54, 1.807) is 6.20 Å². The van der Waals surface area contributed by atoms with Crippen LogP contribution < -0.4 is 5.56 Å². The first-order valence-electron chi connectivity index (χ1n) is 8.57. The summed E-state index contributed by atoms with van der Waals surface area (Å²) in [6.07, 6.45) is 1.75. The van der Waals surface area contributed by atoms with E-state index in [-0.39, 0.29) is 11.0 Å². The number of fused-ring (bicyclic) bond motifs is 1. The van der Waals surface area contributed by atoms with E-state index in [4.69, 9.17) is 0 Å². The number of hydrogen-bond donors (Lipinski definition) is 0. The number of benzene rings is 2. The van der Waals surface area contributed by atoms with E-state index in [1.807, 2.05) is 31.3 Å². The van der Waals surface area contributed by atoms with Gasteiger partial charge < -0.3 is 0 Å². The highest BCUT2D eigenvalue weighted by atomic mass is 16.1. The van der Waals surface area contributed by atoms with Crippen LogP contribution in [0.25, 0.3) is 10.8 Å². The molecule has 0 fully saturated rings. The first-order chi connectivity index (χ1) is 11.8. The minimum atomic E-state index is -0.0481. The van der Waals surface area contributed by atoms with Crippen LogP contribution in [0.2, 0.25) is 0 Å². The smallest absolute Gasteiger partial charge is 0.275 e. The lowest BCUT2D eigenvalue weighted by atomic mass is 9.87. The first kappa shape index (κ1) is 17.4. The quantitative estimate of drug-likeness (QED) is 0.728. The Hall–Kier alpha value is -2.46. The summed E-state index contributed by atoms with van der Waals surface area (Å²) in [7, 11) is 2.00. The van der Waals surface area contributed by atoms with Crippen LogP contribution in [-0.4, -0.2) is 21.7 Å². The van der Waals surface area contributed by atoms with E-state index < -0.39 is 0 Å². The molecule has 130 valence electrons. The zero-order chi connectivity index (χ0) is 18.0. The van der Waals surface area contributed by atoms with E-state index >= 15 is 0 Å². The van der Waals surface area contributed by atoms with Gasteiger partial charge in [-0.3, -0.25) is 9.69 Å². The minimum Gasteiger partial charge on any atom is -0.283 e. The molecule has 1 heterocycles. The highest BCUT2D eigenvalue weighted by Gasteiger charge is 2.13. The van der Waals surface area contributed by atoms with Crippen LogP contribution in [0, 0.1) is 0 Å². The maximum absolute atomic E-state index is 12.5. The molecule has 0 saturated carbocycles. The summed E-state index contributed by atoms with van der Waals surface area (Å²) in [5.41, 5.74) is 2.66. The van der Waals surface area contributed by atoms with Crippen LogP contribution in [0.15, 0.2) is 59.5 Å². The van der Waals surface area contributed by atoms with Crippen molar-refractivity contribution in [2.24, 2.45) is 0 Å². The van der Waals surface area contributed by atoms with Gasteiger partial charge in [-0.25, -0.2) is 4.68 Å². The van der Waals surface area contributed by atoms with Gasteiger partial charge in [0.25, 0.3) is 5.56 Å². The van der Waals surface area contributed by atoms with Crippen LogP contribution in [0.3, 0.4) is 0 Å². The SMILES string of the molecule is CN(Cc1ccc(C(C)(C)C)cc1)Cn1ncc2ccccc2c1=O. The Kier molecular flexibility index (Phi) is 4.73. The van der Waals surface area contributed by atoms with E-state index in [1.165, 1.54) is 15.8 Å². The molecule has 1 aromatic heterocycles. The zero-order valence-electron chi connectivity index (χ0n) is 15.4. The Morgan fingerprint density at radius 3 is 2.40 bits per heavy atom. The second kappa shape index (κ2) is 6.81. The summed E-state index contributed by atoms with van der Waals surface area (Å²) in [4.78, 5) is 14.6. The molecule has 4 nitrogen and oxygen atoms in total. The second-order valence-electron chi connectivity index (χ2n) is 7.64. The molecule has 0 aliphatic rings. The fourth-order valence-corrected chi connectivity index (χ4v) is 2.93. The minimum absolute atomic E-state index is 0.0481. The lowest BCUT2D eigenvalue weighted by Gasteiger charge is -2.21. The van der Waals surface area contributed by atoms with E-state index in [0.717, 1.165) is 11.9 Å². The lowest BCUT2D eigenvalue weighted by Crippen LogP contribution is -2.31. The van der Waals surface area contributed by atoms with Crippen molar-refractivity contribution >= 4 is 10.8 Å². The van der Waals surface area contributed by atoms with Gasteiger partial charge in [-0.15, -0.1) is 0 Å². The van der Waals surface area contributed by atoms with Crippen LogP contribution in [0.4, 0.5) is 0 Å². The third-order valence-corrected chi connectivity index (χ3v) is 4.41. The average Bonchev–Trinajstić information content (AvgIpc) is 2.57. The van der Waals surface area contributed by atoms with Gasteiger partial charge in [-0.1, -0.05) is 63.2 Å². The molecule has 25 heavy (non-hydrogen) atoms. The van der Waals surface area contributed by atoms with Gasteiger partial charge in [0.2, 0.25) is 0 Å². The predicted molar refractivity (Wildman–Crippen MR) is 103 cm³/mol. The Morgan fingerprint density at radius 1 is 1.04 bits per heavy atom. The highest BCUT2D eigenvalue weighted by Crippen LogP contribution is 2.22. The topological polar surface area (TPSA) is 38.1 Å². The van der Waals surface area contributed by atoms with Crippen molar-refractivity contribution in [2.75, 3.05) is 7.05 Å². The number of nitrogens with zero attached hydrogens (tertiary/aromatic N) is 3. The van der Waals surface area contributed by atoms with Crippen molar-refractivity contribution in [1.29, 1.82) is 0 Å². The molecule has 2 aromatic carbocycles. The third-order valence-electron chi connectivity index (χ3n) is 4.41. The van der Waals surface area contributed by atoms with E-state index in [9.17, 15) is 4.79 Å². The molecule has 0 atom stereocenters. The molecular weight excluding hydrogens is 310 g/mol. The molecule has 0 unspecified atom stereocenters. The Bertz CT molecular complexity index is 920. The fourth-order valence-electron chi connectivity index (χ4n) is 2.93. The predicted octanol–water partition coefficient (Wildman–Crippen LogP) is 3.78. The summed E-state index contributed by atoms with van der Waals surface area (Å²) in [6, 6.07) is 16.2. The van der Waals surface area contributed by atoms with Crippen molar-refractivity contribution in [1.82, 2.24) is 14.7 Å². The third kappa shape index (κ3) is 3.97. The number of hydrogen-bond acceptors (Lipinski definition) is 3. The van der Waals surface area contributed by atoms with Crippen molar-refractivity contribution in [2.45, 2.75) is 39.4 Å². The molecule has 3 aromatic rings. The molecule has 0 saturated heterocycles. The molecule has 0 aliphatic carbocycles. The summed E-state index contributed by atoms with van der Waals surface area (Å²) in [5, 5.41) is 5.88. The van der Waals surface area contributed by atoms with E-state index in [0.29, 0.717) is 12.1 Å². The van der Waals surface area contributed by atoms with Crippen molar-refractivity contribution < 1.29 is 0 Å². The summed E-state index contributed by atoms with van der Waals surface area (Å²) in [6.45, 7) is 7.87. The molecule has 0 amide bonds. The average molecular weight is 335 g/mol. The van der Waals surface area contributed by atoms with Gasteiger partial charge >= 0.3 is 0 Å². The fraction of sp³-hybridized carbons (Fsp3) is 0.333. The normalized spacial score (nSPS) is 12.0. The van der Waals surface area contributed by atoms with Gasteiger partial charge in [0.1, 0.15) is 0 Å². The molecule has 0 bridgehead atoms. The van der Waals surface area contributed by atoms with Crippen molar-refractivity contribution in [3.8, 4) is 0 Å². The monoisotopic (exact) mass is 335 g/mol. The maximum Gasteiger partial charge on any atom is 0.275 e. The summed E-state index contributed by atoms with van der Waals surface area (Å²) < 4.78 is 1.52. The van der Waals surface area contributed by atoms with Gasteiger partial charge in [-0.05, 0) is 29.7 Å². The Labute approximate surface area is 148 Å².